The van der Waals surface area contributed by atoms with Crippen LogP contribution < -0.4 is 15.4 Å². The number of halogens is 4. The number of alkyl halides is 3. The topological polar surface area (TPSA) is 45.7 Å². The van der Waals surface area contributed by atoms with Gasteiger partial charge in [-0.25, -0.2) is 4.99 Å². The Morgan fingerprint density at radius 2 is 2.09 bits per heavy atom. The summed E-state index contributed by atoms with van der Waals surface area (Å²) in [6, 6.07) is 6.98. The molecule has 0 amide bonds. The molecule has 0 spiro atoms. The molecule has 1 unspecified atom stereocenters. The summed E-state index contributed by atoms with van der Waals surface area (Å²) in [5.74, 6) is 0.952. The van der Waals surface area contributed by atoms with Crippen molar-refractivity contribution >= 4 is 17.6 Å². The third kappa shape index (κ3) is 9.18. The van der Waals surface area contributed by atoms with E-state index < -0.39 is 12.6 Å². The molecule has 0 saturated heterocycles. The fourth-order valence-electron chi connectivity index (χ4n) is 1.69. The number of nitrogens with zero attached hydrogens (tertiary/aromatic N) is 1. The van der Waals surface area contributed by atoms with Gasteiger partial charge >= 0.3 is 6.18 Å². The van der Waals surface area contributed by atoms with Crippen LogP contribution in [0.15, 0.2) is 29.3 Å². The fraction of sp³-hybridized carbons (Fsp3) is 0.533. The maximum absolute atomic E-state index is 12.1. The van der Waals surface area contributed by atoms with Crippen LogP contribution in [0.3, 0.4) is 0 Å². The van der Waals surface area contributed by atoms with Crippen LogP contribution >= 0.6 is 11.6 Å². The Morgan fingerprint density at radius 3 is 2.70 bits per heavy atom. The maximum Gasteiger partial charge on any atom is 0.390 e. The van der Waals surface area contributed by atoms with Crippen molar-refractivity contribution in [3.8, 4) is 5.75 Å². The van der Waals surface area contributed by atoms with Crippen molar-refractivity contribution < 1.29 is 17.9 Å². The summed E-state index contributed by atoms with van der Waals surface area (Å²) in [5.41, 5.74) is 0. The van der Waals surface area contributed by atoms with Crippen LogP contribution in [0.2, 0.25) is 5.02 Å². The molecule has 23 heavy (non-hydrogen) atoms. The van der Waals surface area contributed by atoms with Crippen LogP contribution in [0.1, 0.15) is 20.3 Å². The molecule has 1 atom stereocenters. The van der Waals surface area contributed by atoms with Gasteiger partial charge in [-0.05, 0) is 32.0 Å². The van der Waals surface area contributed by atoms with Crippen molar-refractivity contribution in [1.29, 1.82) is 0 Å². The van der Waals surface area contributed by atoms with E-state index >= 15 is 0 Å². The molecule has 1 aromatic rings. The van der Waals surface area contributed by atoms with Gasteiger partial charge in [-0.2, -0.15) is 13.2 Å². The molecule has 0 fully saturated rings. The predicted molar refractivity (Wildman–Crippen MR) is 86.2 cm³/mol. The molecule has 1 aromatic carbocycles. The van der Waals surface area contributed by atoms with Gasteiger partial charge in [0.2, 0.25) is 0 Å². The second-order valence-corrected chi connectivity index (χ2v) is 5.33. The van der Waals surface area contributed by atoms with Gasteiger partial charge in [-0.15, -0.1) is 0 Å². The normalized spacial score (nSPS) is 13.6. The summed E-state index contributed by atoms with van der Waals surface area (Å²) in [5, 5.41) is 6.11. The van der Waals surface area contributed by atoms with Crippen molar-refractivity contribution in [2.75, 3.05) is 19.6 Å². The molecule has 0 aliphatic carbocycles. The zero-order valence-corrected chi connectivity index (χ0v) is 13.8. The van der Waals surface area contributed by atoms with Crippen LogP contribution in [0.5, 0.6) is 5.75 Å². The molecule has 4 nitrogen and oxygen atoms in total. The van der Waals surface area contributed by atoms with Gasteiger partial charge in [0.1, 0.15) is 11.9 Å². The molecule has 0 aromatic heterocycles. The summed E-state index contributed by atoms with van der Waals surface area (Å²) in [7, 11) is 0. The Balaban J connectivity index is 2.48. The third-order valence-electron chi connectivity index (χ3n) is 2.69. The molecule has 0 heterocycles. The molecule has 0 bridgehead atoms. The SMILES string of the molecule is CCNC(=NCC(C)Oc1cccc(Cl)c1)NCCC(F)(F)F. The summed E-state index contributed by atoms with van der Waals surface area (Å²) >= 11 is 5.87. The molecule has 1 rings (SSSR count). The zero-order chi connectivity index (χ0) is 17.3. The van der Waals surface area contributed by atoms with E-state index in [0.29, 0.717) is 29.8 Å². The molecular formula is C15H21ClF3N3O. The van der Waals surface area contributed by atoms with Gasteiger partial charge in [0.25, 0.3) is 0 Å². The van der Waals surface area contributed by atoms with E-state index in [2.05, 4.69) is 15.6 Å². The number of guanidine groups is 1. The van der Waals surface area contributed by atoms with E-state index in [1.54, 1.807) is 24.3 Å². The first kappa shape index (κ1) is 19.4. The summed E-state index contributed by atoms with van der Waals surface area (Å²) in [6.07, 6.45) is -5.34. The molecule has 0 saturated carbocycles. The van der Waals surface area contributed by atoms with Gasteiger partial charge in [-0.1, -0.05) is 17.7 Å². The third-order valence-corrected chi connectivity index (χ3v) is 2.92. The van der Waals surface area contributed by atoms with Crippen molar-refractivity contribution in [3.63, 3.8) is 0 Å². The van der Waals surface area contributed by atoms with Crippen LogP contribution in [0, 0.1) is 0 Å². The number of hydrogen-bond donors (Lipinski definition) is 2. The van der Waals surface area contributed by atoms with E-state index in [0.717, 1.165) is 0 Å². The summed E-state index contributed by atoms with van der Waals surface area (Å²) in [6.45, 7) is 4.30. The highest BCUT2D eigenvalue weighted by atomic mass is 35.5. The molecule has 0 aliphatic heterocycles. The second kappa shape index (κ2) is 9.50. The monoisotopic (exact) mass is 351 g/mol. The minimum Gasteiger partial charge on any atom is -0.489 e. The van der Waals surface area contributed by atoms with Crippen molar-refractivity contribution in [3.05, 3.63) is 29.3 Å². The van der Waals surface area contributed by atoms with Gasteiger partial charge in [0, 0.05) is 18.1 Å². The molecular weight excluding hydrogens is 331 g/mol. The Hall–Kier alpha value is -1.63. The Morgan fingerprint density at radius 1 is 1.35 bits per heavy atom. The predicted octanol–water partition coefficient (Wildman–Crippen LogP) is 3.61. The lowest BCUT2D eigenvalue weighted by molar-refractivity contribution is -0.132. The molecule has 130 valence electrons. The Labute approximate surface area is 139 Å². The molecule has 0 radical (unpaired) electrons. The van der Waals surface area contributed by atoms with Crippen molar-refractivity contribution in [1.82, 2.24) is 10.6 Å². The van der Waals surface area contributed by atoms with Crippen molar-refractivity contribution in [2.24, 2.45) is 4.99 Å². The fourth-order valence-corrected chi connectivity index (χ4v) is 1.87. The number of nitrogens with one attached hydrogen (secondary N) is 2. The lowest BCUT2D eigenvalue weighted by Crippen LogP contribution is -2.39. The summed E-state index contributed by atoms with van der Waals surface area (Å²) < 4.78 is 42.1. The Kier molecular flexibility index (Phi) is 8.02. The van der Waals surface area contributed by atoms with Crippen LogP contribution in [-0.2, 0) is 0 Å². The van der Waals surface area contributed by atoms with Crippen LogP contribution in [-0.4, -0.2) is 37.9 Å². The number of aliphatic imine (C=N–C) groups is 1. The van der Waals surface area contributed by atoms with E-state index in [1.165, 1.54) is 0 Å². The van der Waals surface area contributed by atoms with Gasteiger partial charge in [-0.3, -0.25) is 0 Å². The van der Waals surface area contributed by atoms with Gasteiger partial charge in [0.05, 0.1) is 13.0 Å². The molecule has 8 heteroatoms. The quantitative estimate of drug-likeness (QED) is 0.582. The standard InChI is InChI=1S/C15H21ClF3N3O/c1-3-20-14(21-8-7-15(17,18)19)22-10-11(2)23-13-6-4-5-12(16)9-13/h4-6,9,11H,3,7-8,10H2,1-2H3,(H2,20,21,22). The minimum absolute atomic E-state index is 0.223. The first-order valence-electron chi connectivity index (χ1n) is 7.31. The number of benzene rings is 1. The zero-order valence-electron chi connectivity index (χ0n) is 13.1. The van der Waals surface area contributed by atoms with Crippen molar-refractivity contribution in [2.45, 2.75) is 32.5 Å². The first-order valence-corrected chi connectivity index (χ1v) is 7.69. The smallest absolute Gasteiger partial charge is 0.390 e. The van der Waals surface area contributed by atoms with E-state index in [1.807, 2.05) is 13.8 Å². The van der Waals surface area contributed by atoms with Gasteiger partial charge in [0.15, 0.2) is 5.96 Å². The maximum atomic E-state index is 12.1. The van der Waals surface area contributed by atoms with E-state index in [-0.39, 0.29) is 12.6 Å². The Bertz CT molecular complexity index is 509. The second-order valence-electron chi connectivity index (χ2n) is 4.90. The highest BCUT2D eigenvalue weighted by Crippen LogP contribution is 2.19. The van der Waals surface area contributed by atoms with Crippen LogP contribution in [0.25, 0.3) is 0 Å². The summed E-state index contributed by atoms with van der Waals surface area (Å²) in [4.78, 5) is 4.22. The highest BCUT2D eigenvalue weighted by molar-refractivity contribution is 6.30. The average molecular weight is 352 g/mol. The number of ether oxygens (including phenoxy) is 1. The molecule has 0 aliphatic rings. The van der Waals surface area contributed by atoms with E-state index in [9.17, 15) is 13.2 Å². The first-order chi connectivity index (χ1) is 10.8. The van der Waals surface area contributed by atoms with Crippen LogP contribution in [0.4, 0.5) is 13.2 Å². The largest absolute Gasteiger partial charge is 0.489 e. The lowest BCUT2D eigenvalue weighted by Gasteiger charge is -2.15. The number of hydrogen-bond acceptors (Lipinski definition) is 2. The minimum atomic E-state index is -4.19. The number of rotatable bonds is 7. The van der Waals surface area contributed by atoms with E-state index in [4.69, 9.17) is 16.3 Å². The average Bonchev–Trinajstić information content (AvgIpc) is 2.43. The van der Waals surface area contributed by atoms with Gasteiger partial charge < -0.3 is 15.4 Å². The lowest BCUT2D eigenvalue weighted by atomic mass is 10.3. The highest BCUT2D eigenvalue weighted by Gasteiger charge is 2.26. The molecule has 2 N–H and O–H groups in total.